The zero-order valence-electron chi connectivity index (χ0n) is 16.8. The average molecular weight is 387 g/mol. The van der Waals surface area contributed by atoms with Crippen LogP contribution in [0, 0.1) is 13.8 Å². The lowest BCUT2D eigenvalue weighted by atomic mass is 10.0. The molecule has 5 heteroatoms. The minimum Gasteiger partial charge on any atom is -0.370 e. The number of amides is 2. The molecular formula is C24H25N3O2. The molecule has 0 aromatic heterocycles. The Morgan fingerprint density at radius 2 is 1.52 bits per heavy atom. The van der Waals surface area contributed by atoms with Gasteiger partial charge in [-0.1, -0.05) is 48.5 Å². The predicted octanol–water partition coefficient (Wildman–Crippen LogP) is 5.05. The van der Waals surface area contributed by atoms with Gasteiger partial charge in [0.15, 0.2) is 0 Å². The molecule has 1 atom stereocenters. The standard InChI is InChI=1S/C24H25N3O2/c1-16-12-13-17(2)22(14-16)27-24(29)23(19-8-5-4-6-9-19)26-21-11-7-10-20(15-21)25-18(3)28/h4-15,23,26H,1-3H3,(H,25,28)(H,27,29)/t23-/m0/s1. The second-order valence-corrected chi connectivity index (χ2v) is 7.06. The van der Waals surface area contributed by atoms with Crippen molar-refractivity contribution in [3.63, 3.8) is 0 Å². The van der Waals surface area contributed by atoms with Crippen LogP contribution in [0.1, 0.15) is 29.7 Å². The third kappa shape index (κ3) is 5.45. The fourth-order valence-electron chi connectivity index (χ4n) is 3.08. The summed E-state index contributed by atoms with van der Waals surface area (Å²) in [7, 11) is 0. The molecule has 0 unspecified atom stereocenters. The Bertz CT molecular complexity index is 1020. The van der Waals surface area contributed by atoms with Crippen LogP contribution in [-0.2, 0) is 9.59 Å². The maximum absolute atomic E-state index is 13.2. The van der Waals surface area contributed by atoms with E-state index < -0.39 is 6.04 Å². The van der Waals surface area contributed by atoms with E-state index in [0.29, 0.717) is 5.69 Å². The molecule has 5 nitrogen and oxygen atoms in total. The van der Waals surface area contributed by atoms with E-state index in [1.807, 2.05) is 80.6 Å². The summed E-state index contributed by atoms with van der Waals surface area (Å²) in [6.45, 7) is 5.43. The number of hydrogen-bond donors (Lipinski definition) is 3. The molecule has 0 aliphatic rings. The Kier molecular flexibility index (Phi) is 6.29. The van der Waals surface area contributed by atoms with E-state index in [1.165, 1.54) is 6.92 Å². The first-order chi connectivity index (χ1) is 13.9. The summed E-state index contributed by atoms with van der Waals surface area (Å²) in [6.07, 6.45) is 0. The number of rotatable bonds is 6. The summed E-state index contributed by atoms with van der Waals surface area (Å²) in [5.74, 6) is -0.302. The van der Waals surface area contributed by atoms with Crippen molar-refractivity contribution >= 4 is 28.9 Å². The lowest BCUT2D eigenvalue weighted by Gasteiger charge is -2.21. The van der Waals surface area contributed by atoms with Crippen molar-refractivity contribution in [3.8, 4) is 0 Å². The van der Waals surface area contributed by atoms with Crippen LogP contribution in [0.15, 0.2) is 72.8 Å². The first-order valence-electron chi connectivity index (χ1n) is 9.49. The lowest BCUT2D eigenvalue weighted by molar-refractivity contribution is -0.117. The van der Waals surface area contributed by atoms with E-state index in [0.717, 1.165) is 28.1 Å². The highest BCUT2D eigenvalue weighted by Gasteiger charge is 2.21. The van der Waals surface area contributed by atoms with Gasteiger partial charge in [0.1, 0.15) is 6.04 Å². The Morgan fingerprint density at radius 1 is 0.793 bits per heavy atom. The van der Waals surface area contributed by atoms with E-state index in [-0.39, 0.29) is 11.8 Å². The van der Waals surface area contributed by atoms with Gasteiger partial charge < -0.3 is 16.0 Å². The van der Waals surface area contributed by atoms with E-state index in [1.54, 1.807) is 6.07 Å². The molecule has 29 heavy (non-hydrogen) atoms. The van der Waals surface area contributed by atoms with Gasteiger partial charge in [-0.15, -0.1) is 0 Å². The second-order valence-electron chi connectivity index (χ2n) is 7.06. The Labute approximate surface area is 171 Å². The molecule has 0 heterocycles. The molecule has 0 fully saturated rings. The SMILES string of the molecule is CC(=O)Nc1cccc(N[C@H](C(=O)Nc2cc(C)ccc2C)c2ccccc2)c1. The van der Waals surface area contributed by atoms with Gasteiger partial charge in [-0.3, -0.25) is 9.59 Å². The number of carbonyl (C=O) groups excluding carboxylic acids is 2. The van der Waals surface area contributed by atoms with Crippen molar-refractivity contribution in [2.45, 2.75) is 26.8 Å². The van der Waals surface area contributed by atoms with Crippen molar-refractivity contribution in [3.05, 3.63) is 89.5 Å². The van der Waals surface area contributed by atoms with Crippen LogP contribution < -0.4 is 16.0 Å². The lowest BCUT2D eigenvalue weighted by Crippen LogP contribution is -2.27. The molecule has 0 aliphatic heterocycles. The maximum Gasteiger partial charge on any atom is 0.251 e. The van der Waals surface area contributed by atoms with Crippen LogP contribution in [-0.4, -0.2) is 11.8 Å². The van der Waals surface area contributed by atoms with E-state index in [2.05, 4.69) is 16.0 Å². The fourth-order valence-corrected chi connectivity index (χ4v) is 3.08. The van der Waals surface area contributed by atoms with Gasteiger partial charge in [0.2, 0.25) is 5.91 Å². The molecule has 3 aromatic rings. The van der Waals surface area contributed by atoms with Crippen molar-refractivity contribution in [2.24, 2.45) is 0 Å². The van der Waals surface area contributed by atoms with Gasteiger partial charge in [0.05, 0.1) is 0 Å². The van der Waals surface area contributed by atoms with Crippen LogP contribution in [0.2, 0.25) is 0 Å². The Hall–Kier alpha value is -3.60. The van der Waals surface area contributed by atoms with Crippen LogP contribution in [0.5, 0.6) is 0 Å². The number of carbonyl (C=O) groups is 2. The van der Waals surface area contributed by atoms with Crippen molar-refractivity contribution in [1.29, 1.82) is 0 Å². The molecular weight excluding hydrogens is 362 g/mol. The molecule has 0 radical (unpaired) electrons. The predicted molar refractivity (Wildman–Crippen MR) is 118 cm³/mol. The molecule has 0 saturated carbocycles. The molecule has 3 rings (SSSR count). The van der Waals surface area contributed by atoms with Crippen molar-refractivity contribution < 1.29 is 9.59 Å². The molecule has 0 spiro atoms. The second kappa shape index (κ2) is 9.06. The average Bonchev–Trinajstić information content (AvgIpc) is 2.69. The number of nitrogens with one attached hydrogen (secondary N) is 3. The Balaban J connectivity index is 1.88. The van der Waals surface area contributed by atoms with E-state index in [9.17, 15) is 9.59 Å². The van der Waals surface area contributed by atoms with Crippen LogP contribution in [0.4, 0.5) is 17.1 Å². The molecule has 0 bridgehead atoms. The summed E-state index contributed by atoms with van der Waals surface area (Å²) in [5.41, 5.74) is 5.14. The molecule has 3 aromatic carbocycles. The molecule has 3 N–H and O–H groups in total. The zero-order chi connectivity index (χ0) is 20.8. The summed E-state index contributed by atoms with van der Waals surface area (Å²) < 4.78 is 0. The molecule has 2 amide bonds. The van der Waals surface area contributed by atoms with Crippen LogP contribution in [0.25, 0.3) is 0 Å². The van der Waals surface area contributed by atoms with E-state index in [4.69, 9.17) is 0 Å². The highest BCUT2D eigenvalue weighted by atomic mass is 16.2. The number of benzene rings is 3. The first kappa shape index (κ1) is 20.1. The fraction of sp³-hybridized carbons (Fsp3) is 0.167. The van der Waals surface area contributed by atoms with Gasteiger partial charge >= 0.3 is 0 Å². The normalized spacial score (nSPS) is 11.4. The van der Waals surface area contributed by atoms with Gasteiger partial charge in [0.25, 0.3) is 5.91 Å². The monoisotopic (exact) mass is 387 g/mol. The smallest absolute Gasteiger partial charge is 0.251 e. The van der Waals surface area contributed by atoms with Gasteiger partial charge in [0, 0.05) is 24.0 Å². The quantitative estimate of drug-likeness (QED) is 0.554. The molecule has 0 aliphatic carbocycles. The summed E-state index contributed by atoms with van der Waals surface area (Å²) in [4.78, 5) is 24.5. The minimum atomic E-state index is -0.594. The van der Waals surface area contributed by atoms with Gasteiger partial charge in [-0.25, -0.2) is 0 Å². The molecule has 0 saturated heterocycles. The largest absolute Gasteiger partial charge is 0.370 e. The summed E-state index contributed by atoms with van der Waals surface area (Å²) in [6, 6.07) is 22.3. The molecule has 148 valence electrons. The topological polar surface area (TPSA) is 70.2 Å². The number of anilines is 3. The summed E-state index contributed by atoms with van der Waals surface area (Å²) >= 11 is 0. The van der Waals surface area contributed by atoms with Crippen LogP contribution in [0.3, 0.4) is 0 Å². The summed E-state index contributed by atoms with van der Waals surface area (Å²) in [5, 5.41) is 9.11. The number of aryl methyl sites for hydroxylation is 2. The Morgan fingerprint density at radius 3 is 2.24 bits per heavy atom. The van der Waals surface area contributed by atoms with Gasteiger partial charge in [-0.2, -0.15) is 0 Å². The van der Waals surface area contributed by atoms with Crippen LogP contribution >= 0.6 is 0 Å². The van der Waals surface area contributed by atoms with Crippen molar-refractivity contribution in [1.82, 2.24) is 0 Å². The maximum atomic E-state index is 13.2. The van der Waals surface area contributed by atoms with Gasteiger partial charge in [-0.05, 0) is 54.8 Å². The zero-order valence-corrected chi connectivity index (χ0v) is 16.8. The van der Waals surface area contributed by atoms with E-state index >= 15 is 0 Å². The highest BCUT2D eigenvalue weighted by Crippen LogP contribution is 2.25. The third-order valence-corrected chi connectivity index (χ3v) is 4.54. The van der Waals surface area contributed by atoms with Crippen molar-refractivity contribution in [2.75, 3.05) is 16.0 Å². The highest BCUT2D eigenvalue weighted by molar-refractivity contribution is 5.98. The minimum absolute atomic E-state index is 0.144. The first-order valence-corrected chi connectivity index (χ1v) is 9.49. The third-order valence-electron chi connectivity index (χ3n) is 4.54. The number of hydrogen-bond acceptors (Lipinski definition) is 3.